The monoisotopic (exact) mass is 635 g/mol. The van der Waals surface area contributed by atoms with Crippen LogP contribution in [-0.4, -0.2) is 70.3 Å². The summed E-state index contributed by atoms with van der Waals surface area (Å²) in [4.78, 5) is 18.3. The fraction of sp³-hybridized carbons (Fsp3) is 0.500. The number of pyridine rings is 1. The van der Waals surface area contributed by atoms with Gasteiger partial charge in [0.15, 0.2) is 18.4 Å². The lowest BCUT2D eigenvalue weighted by molar-refractivity contribution is 0.102. The van der Waals surface area contributed by atoms with E-state index in [-0.39, 0.29) is 35.1 Å². The molecule has 6 heterocycles. The van der Waals surface area contributed by atoms with Gasteiger partial charge < -0.3 is 15.4 Å². The number of ether oxygens (including phenoxy) is 1. The minimum atomic E-state index is -1.65. The highest BCUT2D eigenvalue weighted by atomic mass is 19.2. The van der Waals surface area contributed by atoms with E-state index >= 15 is 13.2 Å². The molecule has 4 aliphatic heterocycles. The number of aryl methyl sites for hydroxylation is 2. The number of nitrogens with zero attached hydrogens (tertiary/aromatic N) is 5. The van der Waals surface area contributed by atoms with Gasteiger partial charge in [-0.25, -0.2) is 22.5 Å². The van der Waals surface area contributed by atoms with E-state index in [9.17, 15) is 4.39 Å². The van der Waals surface area contributed by atoms with Crippen LogP contribution in [0.3, 0.4) is 0 Å². The van der Waals surface area contributed by atoms with Gasteiger partial charge in [0, 0.05) is 11.3 Å². The van der Waals surface area contributed by atoms with Crippen molar-refractivity contribution in [2.75, 3.05) is 36.9 Å². The second-order valence-corrected chi connectivity index (χ2v) is 13.2. The number of nitrogens with two attached hydrogens (primary N) is 1. The fourth-order valence-electron chi connectivity index (χ4n) is 8.40. The topological polar surface area (TPSA) is 92.4 Å². The normalized spacial score (nSPS) is 24.2. The molecule has 0 amide bonds. The van der Waals surface area contributed by atoms with E-state index in [0.29, 0.717) is 71.0 Å². The van der Waals surface area contributed by atoms with Crippen molar-refractivity contribution in [3.05, 3.63) is 47.2 Å². The minimum Gasteiger partial charge on any atom is -0.461 e. The number of benzene rings is 2. The van der Waals surface area contributed by atoms with Gasteiger partial charge in [-0.05, 0) is 99.0 Å². The first-order chi connectivity index (χ1) is 22.3. The number of fused-ring (bicyclic) bond motifs is 4. The summed E-state index contributed by atoms with van der Waals surface area (Å²) in [5, 5.41) is 3.90. The summed E-state index contributed by atoms with van der Waals surface area (Å²) in [5.74, 6) is -0.919. The van der Waals surface area contributed by atoms with Crippen molar-refractivity contribution in [2.24, 2.45) is 0 Å². The van der Waals surface area contributed by atoms with Crippen LogP contribution in [0.4, 0.5) is 29.1 Å². The second-order valence-electron chi connectivity index (χ2n) is 13.2. The predicted molar refractivity (Wildman–Crippen MR) is 169 cm³/mol. The van der Waals surface area contributed by atoms with Crippen LogP contribution in [0, 0.1) is 11.6 Å². The van der Waals surface area contributed by atoms with E-state index in [1.165, 1.54) is 6.07 Å². The molecule has 2 aromatic heterocycles. The zero-order valence-electron chi connectivity index (χ0n) is 25.8. The van der Waals surface area contributed by atoms with Crippen LogP contribution in [0.2, 0.25) is 0 Å². The Morgan fingerprint density at radius 2 is 1.85 bits per heavy atom. The number of nitrogens with one attached hydrogen (secondary N) is 1. The van der Waals surface area contributed by atoms with Crippen molar-refractivity contribution in [1.82, 2.24) is 25.2 Å². The third-order valence-electron chi connectivity index (χ3n) is 10.5. The first-order valence-corrected chi connectivity index (χ1v) is 16.4. The molecule has 242 valence electrons. The molecule has 0 radical (unpaired) electrons. The lowest BCUT2D eigenvalue weighted by atomic mass is 9.93. The number of hydrogen-bond donors (Lipinski definition) is 2. The first-order valence-electron chi connectivity index (χ1n) is 16.4. The Morgan fingerprint density at radius 3 is 2.63 bits per heavy atom. The second kappa shape index (κ2) is 11.2. The van der Waals surface area contributed by atoms with E-state index in [1.807, 2.05) is 6.92 Å². The van der Waals surface area contributed by atoms with Crippen LogP contribution < -0.4 is 20.7 Å². The number of nitrogen functional groups attached to an aromatic ring is 1. The van der Waals surface area contributed by atoms with E-state index in [1.54, 1.807) is 23.1 Å². The van der Waals surface area contributed by atoms with E-state index < -0.39 is 30.3 Å². The molecule has 2 aromatic carbocycles. The molecule has 12 heteroatoms. The molecule has 3 atom stereocenters. The molecule has 3 unspecified atom stereocenters. The summed E-state index contributed by atoms with van der Waals surface area (Å²) in [6.07, 6.45) is 2.55. The Hall–Kier alpha value is -3.77. The fourth-order valence-corrected chi connectivity index (χ4v) is 8.40. The highest BCUT2D eigenvalue weighted by molar-refractivity contribution is 6.03. The van der Waals surface area contributed by atoms with Crippen LogP contribution >= 0.6 is 0 Å². The third kappa shape index (κ3) is 4.66. The van der Waals surface area contributed by atoms with Gasteiger partial charge in [-0.15, -0.1) is 0 Å². The van der Waals surface area contributed by atoms with Crippen LogP contribution in [-0.2, 0) is 12.8 Å². The van der Waals surface area contributed by atoms with Crippen molar-refractivity contribution in [3.63, 3.8) is 0 Å². The summed E-state index contributed by atoms with van der Waals surface area (Å²) < 4.78 is 68.6. The molecule has 8 rings (SSSR count). The van der Waals surface area contributed by atoms with Gasteiger partial charge in [-0.1, -0.05) is 13.0 Å². The smallest absolute Gasteiger partial charge is 0.319 e. The first kappa shape index (κ1) is 29.6. The summed E-state index contributed by atoms with van der Waals surface area (Å²) in [6, 6.07) is 5.63. The van der Waals surface area contributed by atoms with E-state index in [2.05, 4.69) is 15.2 Å². The molecule has 3 fully saturated rings. The highest BCUT2D eigenvalue weighted by Crippen LogP contribution is 2.43. The molecule has 4 aliphatic rings. The SMILES string of the molecule is CCc1c(F)ccc2cc(N)cc(-c3nc4c5c(nc(OCC67CCCN6CCC7)nc5c3F)N3CC(F)NC(F)C3CCC4)c12. The predicted octanol–water partition coefficient (Wildman–Crippen LogP) is 5.98. The number of aromatic nitrogens is 3. The van der Waals surface area contributed by atoms with Crippen molar-refractivity contribution in [2.45, 2.75) is 82.5 Å². The number of hydrogen-bond acceptors (Lipinski definition) is 8. The van der Waals surface area contributed by atoms with Gasteiger partial charge in [0.2, 0.25) is 0 Å². The van der Waals surface area contributed by atoms with Gasteiger partial charge in [0.25, 0.3) is 0 Å². The summed E-state index contributed by atoms with van der Waals surface area (Å²) in [5.41, 5.74) is 7.83. The van der Waals surface area contributed by atoms with Gasteiger partial charge in [0.1, 0.15) is 29.5 Å². The molecule has 46 heavy (non-hydrogen) atoms. The van der Waals surface area contributed by atoms with E-state index in [0.717, 1.165) is 38.8 Å². The Kier molecular flexibility index (Phi) is 7.20. The lowest BCUT2D eigenvalue weighted by Gasteiger charge is -2.42. The molecule has 4 aromatic rings. The number of halogens is 4. The average Bonchev–Trinajstić information content (AvgIpc) is 3.61. The zero-order chi connectivity index (χ0) is 31.7. The maximum Gasteiger partial charge on any atom is 0.319 e. The van der Waals surface area contributed by atoms with Crippen molar-refractivity contribution < 1.29 is 22.3 Å². The molecule has 3 N–H and O–H groups in total. The molecule has 3 saturated heterocycles. The van der Waals surface area contributed by atoms with Crippen LogP contribution in [0.15, 0.2) is 24.3 Å². The highest BCUT2D eigenvalue weighted by Gasteiger charge is 2.45. The zero-order valence-corrected chi connectivity index (χ0v) is 25.8. The van der Waals surface area contributed by atoms with Crippen molar-refractivity contribution in [1.29, 1.82) is 0 Å². The number of anilines is 2. The Morgan fingerprint density at radius 1 is 1.04 bits per heavy atom. The molecule has 8 nitrogen and oxygen atoms in total. The maximum absolute atomic E-state index is 17.1. The van der Waals surface area contributed by atoms with Crippen LogP contribution in [0.25, 0.3) is 32.9 Å². The third-order valence-corrected chi connectivity index (χ3v) is 10.5. The van der Waals surface area contributed by atoms with Gasteiger partial charge >= 0.3 is 6.01 Å². The maximum atomic E-state index is 17.1. The number of piperazine rings is 1. The molecule has 0 bridgehead atoms. The standard InChI is InChI=1S/C34H37F4N7O/c1-2-20-22(35)9-8-18-14-19(39)15-21(26(18)20)29-28(37)30-27-23(40-29)6-3-7-24-31(38)41-25(36)16-45(24)32(27)43-33(42-30)46-17-34-10-4-12-44(34)13-5-11-34/h8-9,14-15,24-25,31,41H,2-7,10-13,16-17,39H2,1H3. The largest absolute Gasteiger partial charge is 0.461 e. The molecule has 0 spiro atoms. The molecule has 0 saturated carbocycles. The van der Waals surface area contributed by atoms with Crippen molar-refractivity contribution in [3.8, 4) is 17.3 Å². The van der Waals surface area contributed by atoms with Gasteiger partial charge in [-0.3, -0.25) is 10.2 Å². The average molecular weight is 636 g/mol. The number of rotatable bonds is 5. The summed E-state index contributed by atoms with van der Waals surface area (Å²) >= 11 is 0. The van der Waals surface area contributed by atoms with Crippen LogP contribution in [0.5, 0.6) is 6.01 Å². The van der Waals surface area contributed by atoms with Gasteiger partial charge in [-0.2, -0.15) is 9.97 Å². The Balaban J connectivity index is 1.35. The summed E-state index contributed by atoms with van der Waals surface area (Å²) in [7, 11) is 0. The van der Waals surface area contributed by atoms with Crippen LogP contribution in [0.1, 0.15) is 56.7 Å². The van der Waals surface area contributed by atoms with Crippen molar-refractivity contribution >= 4 is 33.2 Å². The van der Waals surface area contributed by atoms with E-state index in [4.69, 9.17) is 20.4 Å². The summed E-state index contributed by atoms with van der Waals surface area (Å²) in [6.45, 7) is 4.03. The molecular weight excluding hydrogens is 598 g/mol. The quantitative estimate of drug-likeness (QED) is 0.157. The minimum absolute atomic E-state index is 0.00350. The molecular formula is C34H37F4N7O. The van der Waals surface area contributed by atoms with Gasteiger partial charge in [0.05, 0.1) is 29.2 Å². The molecule has 0 aliphatic carbocycles. The number of alkyl halides is 2. The lowest BCUT2D eigenvalue weighted by Crippen LogP contribution is -2.60. The Labute approximate surface area is 264 Å². The Bertz CT molecular complexity index is 1840.